The van der Waals surface area contributed by atoms with Gasteiger partial charge in [-0.05, 0) is 35.9 Å². The lowest BCUT2D eigenvalue weighted by molar-refractivity contribution is -0.115. The third kappa shape index (κ3) is 4.59. The molecule has 0 bridgehead atoms. The molecule has 0 aliphatic carbocycles. The van der Waals surface area contributed by atoms with Crippen LogP contribution in [-0.4, -0.2) is 13.0 Å². The van der Waals surface area contributed by atoms with E-state index in [1.807, 2.05) is 60.7 Å². The van der Waals surface area contributed by atoms with Gasteiger partial charge >= 0.3 is 0 Å². The highest BCUT2D eigenvalue weighted by molar-refractivity contribution is 8.00. The van der Waals surface area contributed by atoms with Crippen LogP contribution in [0.25, 0.3) is 0 Å². The molecule has 3 aromatic rings. The number of halogens is 1. The number of ether oxygens (including phenoxy) is 1. The Balaban J connectivity index is 1.84. The smallest absolute Gasteiger partial charge is 0.242 e. The lowest BCUT2D eigenvalue weighted by Gasteiger charge is -2.17. The number of benzene rings is 3. The van der Waals surface area contributed by atoms with Crippen molar-refractivity contribution in [1.82, 2.24) is 0 Å². The summed E-state index contributed by atoms with van der Waals surface area (Å²) in [5.74, 6) is 0.467. The lowest BCUT2D eigenvalue weighted by Crippen LogP contribution is -2.19. The normalized spacial score (nSPS) is 11.6. The molecule has 132 valence electrons. The van der Waals surface area contributed by atoms with E-state index in [0.717, 1.165) is 10.5 Å². The summed E-state index contributed by atoms with van der Waals surface area (Å²) in [5, 5.41) is 3.03. The minimum Gasteiger partial charge on any atom is -0.495 e. The number of hydrogen-bond donors (Lipinski definition) is 1. The molecule has 26 heavy (non-hydrogen) atoms. The second-order valence-corrected chi connectivity index (χ2v) is 7.15. The molecule has 0 heterocycles. The fourth-order valence-corrected chi connectivity index (χ4v) is 3.79. The number of carbonyl (C=O) groups excluding carboxylic acids is 1. The first kappa shape index (κ1) is 18.4. The molecule has 0 saturated heterocycles. The number of anilines is 1. The number of rotatable bonds is 6. The van der Waals surface area contributed by atoms with Crippen LogP contribution in [-0.2, 0) is 4.79 Å². The molecule has 3 aromatic carbocycles. The third-order valence-electron chi connectivity index (χ3n) is 3.76. The Kier molecular flexibility index (Phi) is 6.21. The second-order valence-electron chi connectivity index (χ2n) is 5.56. The highest BCUT2D eigenvalue weighted by Crippen LogP contribution is 2.36. The van der Waals surface area contributed by atoms with E-state index in [1.165, 1.54) is 11.8 Å². The number of carbonyl (C=O) groups is 1. The quantitative estimate of drug-likeness (QED) is 0.545. The molecule has 1 atom stereocenters. The number of hydrogen-bond acceptors (Lipinski definition) is 3. The predicted octanol–water partition coefficient (Wildman–Crippen LogP) is 5.82. The predicted molar refractivity (Wildman–Crippen MR) is 108 cm³/mol. The fourth-order valence-electron chi connectivity index (χ4n) is 2.49. The van der Waals surface area contributed by atoms with Gasteiger partial charge in [-0.3, -0.25) is 4.79 Å². The number of nitrogens with one attached hydrogen (secondary N) is 1. The van der Waals surface area contributed by atoms with Crippen LogP contribution in [0.5, 0.6) is 5.75 Å². The van der Waals surface area contributed by atoms with E-state index < -0.39 is 0 Å². The molecular weight excluding hydrogens is 366 g/mol. The van der Waals surface area contributed by atoms with Crippen LogP contribution in [0.2, 0.25) is 5.02 Å². The van der Waals surface area contributed by atoms with Gasteiger partial charge < -0.3 is 10.1 Å². The Morgan fingerprint density at radius 3 is 2.27 bits per heavy atom. The summed E-state index contributed by atoms with van der Waals surface area (Å²) < 4.78 is 5.15. The van der Waals surface area contributed by atoms with Crippen molar-refractivity contribution < 1.29 is 9.53 Å². The van der Waals surface area contributed by atoms with Gasteiger partial charge in [-0.2, -0.15) is 0 Å². The molecule has 1 N–H and O–H groups in total. The monoisotopic (exact) mass is 383 g/mol. The van der Waals surface area contributed by atoms with Crippen LogP contribution in [0, 0.1) is 0 Å². The summed E-state index contributed by atoms with van der Waals surface area (Å²) in [6.07, 6.45) is 0. The molecule has 0 spiro atoms. The van der Waals surface area contributed by atoms with Crippen LogP contribution in [0.1, 0.15) is 10.8 Å². The van der Waals surface area contributed by atoms with Crippen molar-refractivity contribution in [3.8, 4) is 5.75 Å². The molecule has 0 fully saturated rings. The van der Waals surface area contributed by atoms with E-state index >= 15 is 0 Å². The minimum atomic E-state index is -0.375. The first-order chi connectivity index (χ1) is 12.7. The maximum absolute atomic E-state index is 13.0. The molecule has 0 aliphatic heterocycles. The highest BCUT2D eigenvalue weighted by Gasteiger charge is 2.22. The van der Waals surface area contributed by atoms with Gasteiger partial charge in [0.05, 0.1) is 12.1 Å². The average Bonchev–Trinajstić information content (AvgIpc) is 2.68. The molecule has 1 amide bonds. The van der Waals surface area contributed by atoms with Gasteiger partial charge in [-0.15, -0.1) is 11.8 Å². The van der Waals surface area contributed by atoms with Crippen LogP contribution in [0.15, 0.2) is 83.8 Å². The Morgan fingerprint density at radius 1 is 1.00 bits per heavy atom. The Hall–Kier alpha value is -2.43. The standard InChI is InChI=1S/C21H18ClNO2S/c1-25-19-13-12-16(14-18(19)22)23-21(24)20(15-8-4-2-5-9-15)26-17-10-6-3-7-11-17/h2-14,20H,1H3,(H,23,24)/t20-/m1/s1. The third-order valence-corrected chi connectivity index (χ3v) is 5.32. The van der Waals surface area contributed by atoms with Crippen molar-refractivity contribution in [3.05, 3.63) is 89.4 Å². The van der Waals surface area contributed by atoms with Gasteiger partial charge in [0.25, 0.3) is 0 Å². The first-order valence-electron chi connectivity index (χ1n) is 8.08. The van der Waals surface area contributed by atoms with Crippen LogP contribution >= 0.6 is 23.4 Å². The van der Waals surface area contributed by atoms with Gasteiger partial charge in [-0.25, -0.2) is 0 Å². The summed E-state index contributed by atoms with van der Waals surface area (Å²) in [6.45, 7) is 0. The van der Waals surface area contributed by atoms with Crippen LogP contribution in [0.4, 0.5) is 5.69 Å². The SMILES string of the molecule is COc1ccc(NC(=O)[C@H](Sc2ccccc2)c2ccccc2)cc1Cl. The molecule has 3 rings (SSSR count). The minimum absolute atomic E-state index is 0.105. The summed E-state index contributed by atoms with van der Waals surface area (Å²) in [7, 11) is 1.56. The van der Waals surface area contributed by atoms with Crippen molar-refractivity contribution in [1.29, 1.82) is 0 Å². The Morgan fingerprint density at radius 2 is 1.65 bits per heavy atom. The van der Waals surface area contributed by atoms with Gasteiger partial charge in [0.2, 0.25) is 5.91 Å². The fraction of sp³-hybridized carbons (Fsp3) is 0.0952. The lowest BCUT2D eigenvalue weighted by atomic mass is 10.1. The number of thioether (sulfide) groups is 1. The van der Waals surface area contributed by atoms with Gasteiger partial charge in [0.15, 0.2) is 0 Å². The molecule has 0 radical (unpaired) electrons. The summed E-state index contributed by atoms with van der Waals surface area (Å²) >= 11 is 7.67. The van der Waals surface area contributed by atoms with Crippen molar-refractivity contribution in [3.63, 3.8) is 0 Å². The first-order valence-corrected chi connectivity index (χ1v) is 9.34. The topological polar surface area (TPSA) is 38.3 Å². The van der Waals surface area contributed by atoms with Gasteiger partial charge in [-0.1, -0.05) is 60.1 Å². The van der Waals surface area contributed by atoms with E-state index in [-0.39, 0.29) is 11.2 Å². The number of methoxy groups -OCH3 is 1. The molecule has 0 aromatic heterocycles. The van der Waals surface area contributed by atoms with Crippen molar-refractivity contribution >= 4 is 35.0 Å². The van der Waals surface area contributed by atoms with E-state index in [2.05, 4.69) is 5.32 Å². The summed E-state index contributed by atoms with van der Waals surface area (Å²) in [6, 6.07) is 24.8. The zero-order valence-corrected chi connectivity index (χ0v) is 15.8. The number of amides is 1. The summed E-state index contributed by atoms with van der Waals surface area (Å²) in [4.78, 5) is 14.0. The highest BCUT2D eigenvalue weighted by atomic mass is 35.5. The molecule has 0 saturated carbocycles. The zero-order chi connectivity index (χ0) is 18.4. The van der Waals surface area contributed by atoms with E-state index in [4.69, 9.17) is 16.3 Å². The summed E-state index contributed by atoms with van der Waals surface area (Å²) in [5.41, 5.74) is 1.58. The van der Waals surface area contributed by atoms with Gasteiger partial charge in [0, 0.05) is 10.6 Å². The molecular formula is C21H18ClNO2S. The molecule has 3 nitrogen and oxygen atoms in total. The molecule has 5 heteroatoms. The average molecular weight is 384 g/mol. The van der Waals surface area contributed by atoms with Crippen molar-refractivity contribution in [2.45, 2.75) is 10.1 Å². The van der Waals surface area contributed by atoms with Crippen molar-refractivity contribution in [2.75, 3.05) is 12.4 Å². The molecule has 0 aliphatic rings. The molecule has 0 unspecified atom stereocenters. The zero-order valence-electron chi connectivity index (χ0n) is 14.2. The van der Waals surface area contributed by atoms with Crippen LogP contribution in [0.3, 0.4) is 0 Å². The van der Waals surface area contributed by atoms with E-state index in [9.17, 15) is 4.79 Å². The maximum atomic E-state index is 13.0. The Labute approximate surface area is 162 Å². The Bertz CT molecular complexity index is 872. The van der Waals surface area contributed by atoms with E-state index in [1.54, 1.807) is 25.3 Å². The largest absolute Gasteiger partial charge is 0.495 e. The van der Waals surface area contributed by atoms with Gasteiger partial charge in [0.1, 0.15) is 11.0 Å². The van der Waals surface area contributed by atoms with Crippen molar-refractivity contribution in [2.24, 2.45) is 0 Å². The maximum Gasteiger partial charge on any atom is 0.242 e. The van der Waals surface area contributed by atoms with Crippen LogP contribution < -0.4 is 10.1 Å². The second kappa shape index (κ2) is 8.79. The van der Waals surface area contributed by atoms with E-state index in [0.29, 0.717) is 16.5 Å².